The molecule has 4 N–H and O–H groups in total. The van der Waals surface area contributed by atoms with E-state index < -0.39 is 31.8 Å². The Kier molecular flexibility index (Phi) is 5.93. The van der Waals surface area contributed by atoms with Crippen molar-refractivity contribution in [1.29, 1.82) is 0 Å². The molecule has 0 aliphatic carbocycles. The molecule has 0 aromatic carbocycles. The van der Waals surface area contributed by atoms with Gasteiger partial charge in [-0.05, 0) is 22.9 Å². The number of amides is 1. The van der Waals surface area contributed by atoms with Gasteiger partial charge in [-0.15, -0.1) is 16.9 Å². The summed E-state index contributed by atoms with van der Waals surface area (Å²) < 4.78 is 17.8. The van der Waals surface area contributed by atoms with Crippen molar-refractivity contribution in [2.24, 2.45) is 5.73 Å². The maximum absolute atomic E-state index is 11.9. The van der Waals surface area contributed by atoms with Gasteiger partial charge in [0, 0.05) is 11.5 Å². The molecule has 0 bridgehead atoms. The highest BCUT2D eigenvalue weighted by Crippen LogP contribution is 2.44. The molecule has 0 spiro atoms. The van der Waals surface area contributed by atoms with Gasteiger partial charge in [-0.1, -0.05) is 11.8 Å². The molecule has 0 saturated carbocycles. The van der Waals surface area contributed by atoms with Crippen molar-refractivity contribution in [3.05, 3.63) is 11.3 Å². The molecule has 1 aromatic heterocycles. The summed E-state index contributed by atoms with van der Waals surface area (Å²) in [7, 11) is -3.89. The molecule has 2 unspecified atom stereocenters. The van der Waals surface area contributed by atoms with Crippen molar-refractivity contribution in [2.45, 2.75) is 29.8 Å². The summed E-state index contributed by atoms with van der Waals surface area (Å²) in [5.41, 5.74) is 6.17. The SMILES string of the molecule is CCOP(=O)(O)Cn1nnnc1SCC1=C(C(=O)O)N2C(=O)C(N)[C@H]2SC1. The highest BCUT2D eigenvalue weighted by molar-refractivity contribution is 8.01. The predicted octanol–water partition coefficient (Wildman–Crippen LogP) is -0.474. The first-order chi connectivity index (χ1) is 12.7. The Labute approximate surface area is 162 Å². The van der Waals surface area contributed by atoms with Crippen LogP contribution in [0.4, 0.5) is 0 Å². The van der Waals surface area contributed by atoms with Crippen LogP contribution in [0.15, 0.2) is 16.4 Å². The van der Waals surface area contributed by atoms with Crippen molar-refractivity contribution in [2.75, 3.05) is 18.1 Å². The molecule has 15 heteroatoms. The van der Waals surface area contributed by atoms with Crippen molar-refractivity contribution in [3.63, 3.8) is 0 Å². The molecule has 1 saturated heterocycles. The van der Waals surface area contributed by atoms with Gasteiger partial charge >= 0.3 is 13.6 Å². The molecule has 0 radical (unpaired) electrons. The molecular weight excluding hydrogens is 419 g/mol. The van der Waals surface area contributed by atoms with Gasteiger partial charge in [0.25, 0.3) is 0 Å². The normalized spacial score (nSPS) is 24.4. The van der Waals surface area contributed by atoms with Crippen molar-refractivity contribution < 1.29 is 28.7 Å². The Morgan fingerprint density at radius 3 is 2.96 bits per heavy atom. The van der Waals surface area contributed by atoms with Gasteiger partial charge in [0.15, 0.2) is 0 Å². The number of tetrazole rings is 1. The van der Waals surface area contributed by atoms with Gasteiger partial charge in [-0.2, -0.15) is 0 Å². The number of aliphatic carboxylic acids is 1. The lowest BCUT2D eigenvalue weighted by atomic mass is 10.0. The van der Waals surface area contributed by atoms with Gasteiger partial charge in [-0.25, -0.2) is 9.48 Å². The number of carboxylic acid groups (broad SMARTS) is 1. The van der Waals surface area contributed by atoms with Gasteiger partial charge in [0.1, 0.15) is 23.4 Å². The second-order valence-electron chi connectivity index (χ2n) is 5.64. The largest absolute Gasteiger partial charge is 0.477 e. The van der Waals surface area contributed by atoms with E-state index in [-0.39, 0.29) is 28.6 Å². The third kappa shape index (κ3) is 4.05. The van der Waals surface area contributed by atoms with Crippen molar-refractivity contribution in [3.8, 4) is 0 Å². The highest BCUT2D eigenvalue weighted by Gasteiger charge is 2.51. The number of thioether (sulfide) groups is 2. The quantitative estimate of drug-likeness (QED) is 0.272. The van der Waals surface area contributed by atoms with E-state index in [0.29, 0.717) is 11.3 Å². The lowest BCUT2D eigenvalue weighted by Gasteiger charge is -2.48. The van der Waals surface area contributed by atoms with Crippen LogP contribution < -0.4 is 5.73 Å². The fourth-order valence-corrected chi connectivity index (χ4v) is 6.06. The number of hydrogen-bond donors (Lipinski definition) is 3. The lowest BCUT2D eigenvalue weighted by Crippen LogP contribution is -2.68. The zero-order valence-electron chi connectivity index (χ0n) is 14.1. The van der Waals surface area contributed by atoms with E-state index >= 15 is 0 Å². The molecule has 3 heterocycles. The van der Waals surface area contributed by atoms with Crippen LogP contribution in [0.5, 0.6) is 0 Å². The van der Waals surface area contributed by atoms with Gasteiger partial charge in [-0.3, -0.25) is 14.3 Å². The van der Waals surface area contributed by atoms with E-state index in [1.165, 1.54) is 16.7 Å². The minimum Gasteiger partial charge on any atom is -0.477 e. The van der Waals surface area contributed by atoms with E-state index in [1.807, 2.05) is 0 Å². The molecule has 27 heavy (non-hydrogen) atoms. The Hall–Kier alpha value is -1.44. The van der Waals surface area contributed by atoms with E-state index in [1.54, 1.807) is 6.92 Å². The minimum absolute atomic E-state index is 0.0671. The smallest absolute Gasteiger partial charge is 0.352 e. The van der Waals surface area contributed by atoms with Gasteiger partial charge in [0.05, 0.1) is 6.61 Å². The van der Waals surface area contributed by atoms with E-state index in [0.717, 1.165) is 16.4 Å². The van der Waals surface area contributed by atoms with Crippen molar-refractivity contribution in [1.82, 2.24) is 25.1 Å². The van der Waals surface area contributed by atoms with E-state index in [9.17, 15) is 24.2 Å². The van der Waals surface area contributed by atoms with Crippen molar-refractivity contribution >= 4 is 43.0 Å². The number of β-lactam (4-membered cyclic amide) rings is 1. The minimum atomic E-state index is -3.89. The summed E-state index contributed by atoms with van der Waals surface area (Å²) in [6.45, 7) is 1.66. The Morgan fingerprint density at radius 2 is 2.30 bits per heavy atom. The monoisotopic (exact) mass is 436 g/mol. The van der Waals surface area contributed by atoms with E-state index in [4.69, 9.17) is 10.3 Å². The first-order valence-electron chi connectivity index (χ1n) is 7.76. The average molecular weight is 436 g/mol. The Balaban J connectivity index is 1.75. The molecule has 1 fully saturated rings. The fraction of sp³-hybridized carbons (Fsp3) is 0.583. The van der Waals surface area contributed by atoms with Crippen LogP contribution in [0.3, 0.4) is 0 Å². The van der Waals surface area contributed by atoms with Crippen LogP contribution in [-0.4, -0.2) is 76.5 Å². The molecule has 2 aliphatic rings. The van der Waals surface area contributed by atoms with Crippen LogP contribution >= 0.6 is 31.1 Å². The van der Waals surface area contributed by atoms with Crippen LogP contribution in [0.1, 0.15) is 6.92 Å². The number of hydrogen-bond acceptors (Lipinski definition) is 10. The van der Waals surface area contributed by atoms with Crippen LogP contribution in [0.25, 0.3) is 0 Å². The molecule has 3 atom stereocenters. The topological polar surface area (TPSA) is 174 Å². The summed E-state index contributed by atoms with van der Waals surface area (Å²) in [5, 5.41) is 20.3. The summed E-state index contributed by atoms with van der Waals surface area (Å²) in [6.07, 6.45) is -0.419. The third-order valence-corrected chi connectivity index (χ3v) is 7.50. The standard InChI is InChI=1S/C12H17N6O6PS2/c1-2-24-25(22,23)5-17-12(14-15-16-17)27-4-6-3-26-10-7(13)9(19)18(10)8(6)11(20)21/h7,10H,2-5,13H2,1H3,(H,20,21)(H,22,23)/t7?,10-/m1/s1. The Bertz CT molecular complexity index is 846. The molecular formula is C12H17N6O6PS2. The fourth-order valence-electron chi connectivity index (χ4n) is 2.64. The first kappa shape index (κ1) is 20.3. The number of nitrogens with zero attached hydrogens (tertiary/aromatic N) is 5. The second kappa shape index (κ2) is 7.89. The molecule has 3 rings (SSSR count). The second-order valence-corrected chi connectivity index (χ2v) is 9.50. The maximum Gasteiger partial charge on any atom is 0.352 e. The highest BCUT2D eigenvalue weighted by atomic mass is 32.2. The summed E-state index contributed by atoms with van der Waals surface area (Å²) in [6, 6.07) is -0.692. The zero-order valence-corrected chi connectivity index (χ0v) is 16.6. The number of nitrogens with two attached hydrogens (primary N) is 1. The number of carbonyl (C=O) groups is 2. The van der Waals surface area contributed by atoms with Crippen LogP contribution in [-0.2, 0) is 25.0 Å². The van der Waals surface area contributed by atoms with Crippen LogP contribution in [0, 0.1) is 0 Å². The van der Waals surface area contributed by atoms with E-state index in [2.05, 4.69) is 15.5 Å². The summed E-state index contributed by atoms with van der Waals surface area (Å²) >= 11 is 2.50. The number of carbonyl (C=O) groups excluding carboxylic acids is 1. The average Bonchev–Trinajstić information content (AvgIpc) is 3.04. The third-order valence-electron chi connectivity index (χ3n) is 3.81. The molecule has 1 amide bonds. The zero-order chi connectivity index (χ0) is 19.8. The van der Waals surface area contributed by atoms with Gasteiger partial charge < -0.3 is 20.3 Å². The number of fused-ring (bicyclic) bond motifs is 1. The van der Waals surface area contributed by atoms with Gasteiger partial charge in [0.2, 0.25) is 11.1 Å². The number of aromatic nitrogens is 4. The molecule has 2 aliphatic heterocycles. The number of carboxylic acids is 1. The maximum atomic E-state index is 11.9. The first-order valence-corrected chi connectivity index (χ1v) is 11.6. The van der Waals surface area contributed by atoms with Crippen LogP contribution in [0.2, 0.25) is 0 Å². The summed E-state index contributed by atoms with van der Waals surface area (Å²) in [5.74, 6) is -1.03. The number of rotatable bonds is 8. The Morgan fingerprint density at radius 1 is 1.56 bits per heavy atom. The molecule has 12 nitrogen and oxygen atoms in total. The molecule has 1 aromatic rings. The lowest BCUT2D eigenvalue weighted by molar-refractivity contribution is -0.147. The molecule has 148 valence electrons. The summed E-state index contributed by atoms with van der Waals surface area (Å²) in [4.78, 5) is 34.5. The predicted molar refractivity (Wildman–Crippen MR) is 95.7 cm³/mol.